The lowest BCUT2D eigenvalue weighted by molar-refractivity contribution is 0.601. The van der Waals surface area contributed by atoms with E-state index in [9.17, 15) is 8.42 Å². The van der Waals surface area contributed by atoms with Gasteiger partial charge in [0.2, 0.25) is 0 Å². The van der Waals surface area contributed by atoms with E-state index in [0.717, 1.165) is 11.8 Å². The summed E-state index contributed by atoms with van der Waals surface area (Å²) in [6.07, 6.45) is 1.79. The molecule has 78 valence electrons. The van der Waals surface area contributed by atoms with Crippen LogP contribution in [-0.4, -0.2) is 21.2 Å². The van der Waals surface area contributed by atoms with Crippen molar-refractivity contribution in [2.45, 2.75) is 11.3 Å². The van der Waals surface area contributed by atoms with Crippen LogP contribution in [-0.2, 0) is 16.3 Å². The average molecular weight is 234 g/mol. The number of hydrogen-bond acceptors (Lipinski definition) is 3. The number of benzene rings is 1. The minimum absolute atomic E-state index is 0.244. The van der Waals surface area contributed by atoms with Crippen LogP contribution in [0, 0.1) is 0 Å². The van der Waals surface area contributed by atoms with Crippen molar-refractivity contribution >= 4 is 21.4 Å². The predicted molar refractivity (Wildman–Crippen MR) is 57.3 cm³/mol. The number of rotatable bonds is 3. The number of sulfone groups is 1. The van der Waals surface area contributed by atoms with Gasteiger partial charge in [-0.2, -0.15) is 0 Å². The first-order valence-corrected chi connectivity index (χ1v) is 6.40. The van der Waals surface area contributed by atoms with Crippen molar-refractivity contribution in [1.82, 2.24) is 0 Å². The molecule has 0 spiro atoms. The molecule has 14 heavy (non-hydrogen) atoms. The maximum Gasteiger partial charge on any atom is 0.175 e. The smallest absolute Gasteiger partial charge is 0.175 e. The first-order chi connectivity index (χ1) is 6.43. The van der Waals surface area contributed by atoms with Crippen molar-refractivity contribution in [3.63, 3.8) is 0 Å². The third kappa shape index (κ3) is 2.97. The Labute approximate surface area is 88.8 Å². The quantitative estimate of drug-likeness (QED) is 0.855. The van der Waals surface area contributed by atoms with Gasteiger partial charge in [-0.1, -0.05) is 11.6 Å². The highest BCUT2D eigenvalue weighted by molar-refractivity contribution is 7.90. The Hall–Kier alpha value is -0.580. The minimum Gasteiger partial charge on any atom is -0.330 e. The van der Waals surface area contributed by atoms with Gasteiger partial charge in [0.25, 0.3) is 0 Å². The van der Waals surface area contributed by atoms with Gasteiger partial charge in [0.15, 0.2) is 9.84 Å². The Kier molecular flexibility index (Phi) is 3.53. The van der Waals surface area contributed by atoms with E-state index in [1.54, 1.807) is 12.1 Å². The molecule has 0 aliphatic carbocycles. The molecule has 0 bridgehead atoms. The Bertz CT molecular complexity index is 428. The van der Waals surface area contributed by atoms with Crippen molar-refractivity contribution < 1.29 is 8.42 Å². The predicted octanol–water partition coefficient (Wildman–Crippen LogP) is 1.24. The van der Waals surface area contributed by atoms with E-state index in [-0.39, 0.29) is 4.90 Å². The molecule has 1 aromatic rings. The van der Waals surface area contributed by atoms with E-state index >= 15 is 0 Å². The second-order valence-electron chi connectivity index (χ2n) is 3.11. The minimum atomic E-state index is -3.19. The third-order valence-corrected chi connectivity index (χ3v) is 3.10. The van der Waals surface area contributed by atoms with E-state index in [1.807, 2.05) is 0 Å². The molecule has 0 aromatic heterocycles. The summed E-state index contributed by atoms with van der Waals surface area (Å²) in [6, 6.07) is 4.77. The standard InChI is InChI=1S/C9H12ClNO2S/c1-14(12,13)9-5-7(2-3-11)4-8(10)6-9/h4-6H,2-3,11H2,1H3. The zero-order chi connectivity index (χ0) is 10.8. The highest BCUT2D eigenvalue weighted by Crippen LogP contribution is 2.19. The van der Waals surface area contributed by atoms with Crippen LogP contribution in [0.2, 0.25) is 5.02 Å². The van der Waals surface area contributed by atoms with Gasteiger partial charge < -0.3 is 5.73 Å². The lowest BCUT2D eigenvalue weighted by Crippen LogP contribution is -2.04. The van der Waals surface area contributed by atoms with Crippen LogP contribution in [0.15, 0.2) is 23.1 Å². The van der Waals surface area contributed by atoms with Crippen LogP contribution in [0.1, 0.15) is 5.56 Å². The van der Waals surface area contributed by atoms with Gasteiger partial charge in [0.1, 0.15) is 0 Å². The van der Waals surface area contributed by atoms with Crippen LogP contribution in [0.25, 0.3) is 0 Å². The summed E-state index contributed by atoms with van der Waals surface area (Å²) < 4.78 is 22.5. The van der Waals surface area contributed by atoms with Crippen LogP contribution in [0.5, 0.6) is 0 Å². The highest BCUT2D eigenvalue weighted by atomic mass is 35.5. The third-order valence-electron chi connectivity index (χ3n) is 1.79. The molecular weight excluding hydrogens is 222 g/mol. The molecule has 0 fully saturated rings. The van der Waals surface area contributed by atoms with Gasteiger partial charge >= 0.3 is 0 Å². The highest BCUT2D eigenvalue weighted by Gasteiger charge is 2.09. The van der Waals surface area contributed by atoms with Gasteiger partial charge in [-0.3, -0.25) is 0 Å². The van der Waals surface area contributed by atoms with E-state index in [4.69, 9.17) is 17.3 Å². The fourth-order valence-corrected chi connectivity index (χ4v) is 2.17. The summed E-state index contributed by atoms with van der Waals surface area (Å²) in [7, 11) is -3.19. The number of halogens is 1. The molecule has 0 heterocycles. The molecule has 0 aliphatic rings. The molecule has 0 aliphatic heterocycles. The topological polar surface area (TPSA) is 60.2 Å². The Balaban J connectivity index is 3.21. The Morgan fingerprint density at radius 2 is 2.00 bits per heavy atom. The average Bonchev–Trinajstić information content (AvgIpc) is 2.02. The second kappa shape index (κ2) is 4.29. The van der Waals surface area contributed by atoms with E-state index in [0.29, 0.717) is 18.0 Å². The van der Waals surface area contributed by atoms with Crippen molar-refractivity contribution in [2.24, 2.45) is 5.73 Å². The van der Waals surface area contributed by atoms with Gasteiger partial charge in [-0.25, -0.2) is 8.42 Å². The molecular formula is C9H12ClNO2S. The molecule has 5 heteroatoms. The van der Waals surface area contributed by atoms with E-state index < -0.39 is 9.84 Å². The van der Waals surface area contributed by atoms with Gasteiger partial charge in [0, 0.05) is 11.3 Å². The van der Waals surface area contributed by atoms with Crippen molar-refractivity contribution in [1.29, 1.82) is 0 Å². The summed E-state index contributed by atoms with van der Waals surface area (Å²) in [5.41, 5.74) is 6.22. The van der Waals surface area contributed by atoms with Crippen molar-refractivity contribution in [2.75, 3.05) is 12.8 Å². The first kappa shape index (κ1) is 11.5. The maximum absolute atomic E-state index is 11.3. The molecule has 0 saturated carbocycles. The zero-order valence-electron chi connectivity index (χ0n) is 7.83. The Morgan fingerprint density at radius 1 is 1.36 bits per heavy atom. The number of hydrogen-bond donors (Lipinski definition) is 1. The van der Waals surface area contributed by atoms with Gasteiger partial charge in [-0.05, 0) is 36.7 Å². The summed E-state index contributed by atoms with van der Waals surface area (Å²) in [4.78, 5) is 0.244. The molecule has 1 rings (SSSR count). The molecule has 1 aromatic carbocycles. The summed E-state index contributed by atoms with van der Waals surface area (Å²) >= 11 is 5.79. The Morgan fingerprint density at radius 3 is 2.50 bits per heavy atom. The number of nitrogens with two attached hydrogens (primary N) is 1. The fourth-order valence-electron chi connectivity index (χ4n) is 1.15. The summed E-state index contributed by atoms with van der Waals surface area (Å²) in [6.45, 7) is 0.476. The van der Waals surface area contributed by atoms with Crippen LogP contribution < -0.4 is 5.73 Å². The monoisotopic (exact) mass is 233 g/mol. The zero-order valence-corrected chi connectivity index (χ0v) is 9.40. The molecule has 2 N–H and O–H groups in total. The fraction of sp³-hybridized carbons (Fsp3) is 0.333. The van der Waals surface area contributed by atoms with Crippen LogP contribution >= 0.6 is 11.6 Å². The van der Waals surface area contributed by atoms with E-state index in [1.165, 1.54) is 6.07 Å². The van der Waals surface area contributed by atoms with Gasteiger partial charge in [-0.15, -0.1) is 0 Å². The van der Waals surface area contributed by atoms with E-state index in [2.05, 4.69) is 0 Å². The largest absolute Gasteiger partial charge is 0.330 e. The first-order valence-electron chi connectivity index (χ1n) is 4.13. The summed E-state index contributed by atoms with van der Waals surface area (Å²) in [5.74, 6) is 0. The van der Waals surface area contributed by atoms with Crippen LogP contribution in [0.4, 0.5) is 0 Å². The second-order valence-corrected chi connectivity index (χ2v) is 5.56. The normalized spacial score (nSPS) is 11.6. The SMILES string of the molecule is CS(=O)(=O)c1cc(Cl)cc(CCN)c1. The molecule has 0 atom stereocenters. The molecule has 3 nitrogen and oxygen atoms in total. The molecule has 0 unspecified atom stereocenters. The van der Waals surface area contributed by atoms with Gasteiger partial charge in [0.05, 0.1) is 4.90 Å². The van der Waals surface area contributed by atoms with Crippen molar-refractivity contribution in [3.8, 4) is 0 Å². The lowest BCUT2D eigenvalue weighted by atomic mass is 10.1. The lowest BCUT2D eigenvalue weighted by Gasteiger charge is -2.03. The summed E-state index contributed by atoms with van der Waals surface area (Å²) in [5, 5.41) is 0.427. The van der Waals surface area contributed by atoms with Crippen LogP contribution in [0.3, 0.4) is 0 Å². The molecule has 0 amide bonds. The molecule has 0 saturated heterocycles. The molecule has 0 radical (unpaired) electrons. The van der Waals surface area contributed by atoms with Crippen molar-refractivity contribution in [3.05, 3.63) is 28.8 Å². The maximum atomic E-state index is 11.3.